The minimum atomic E-state index is 0.220. The monoisotopic (exact) mass is 321 g/mol. The molecule has 0 radical (unpaired) electrons. The van der Waals surface area contributed by atoms with Crippen LogP contribution in [0.4, 0.5) is 0 Å². The fourth-order valence-corrected chi connectivity index (χ4v) is 2.86. The van der Waals surface area contributed by atoms with Crippen LogP contribution >= 0.6 is 27.5 Å². The topological polar surface area (TPSA) is 29.9 Å². The Balaban J connectivity index is 2.49. The zero-order valence-electron chi connectivity index (χ0n) is 10.8. The maximum Gasteiger partial charge on any atom is 0.0767 e. The molecular formula is C12H21BrClN3. The van der Waals surface area contributed by atoms with E-state index in [-0.39, 0.29) is 5.38 Å². The second-order valence-corrected chi connectivity index (χ2v) is 5.61. The average Bonchev–Trinajstić information content (AvgIpc) is 2.56. The van der Waals surface area contributed by atoms with Gasteiger partial charge in [0.15, 0.2) is 0 Å². The lowest BCUT2D eigenvalue weighted by Crippen LogP contribution is -2.24. The van der Waals surface area contributed by atoms with Crippen LogP contribution in [0.15, 0.2) is 4.47 Å². The van der Waals surface area contributed by atoms with E-state index < -0.39 is 0 Å². The van der Waals surface area contributed by atoms with Gasteiger partial charge in [0.05, 0.1) is 15.9 Å². The number of nitrogens with one attached hydrogen (secondary N) is 1. The number of rotatable bonds is 7. The van der Waals surface area contributed by atoms with Crippen molar-refractivity contribution in [3.8, 4) is 0 Å². The van der Waals surface area contributed by atoms with Gasteiger partial charge in [0.2, 0.25) is 0 Å². The number of aryl methyl sites for hydroxylation is 2. The highest BCUT2D eigenvalue weighted by Crippen LogP contribution is 2.21. The van der Waals surface area contributed by atoms with E-state index in [1.807, 2.05) is 11.7 Å². The molecule has 1 atom stereocenters. The molecule has 0 saturated carbocycles. The Hall–Kier alpha value is -0.0600. The van der Waals surface area contributed by atoms with Crippen molar-refractivity contribution < 1.29 is 0 Å². The van der Waals surface area contributed by atoms with Crippen molar-refractivity contribution in [2.45, 2.75) is 45.0 Å². The molecule has 3 nitrogen and oxygen atoms in total. The molecule has 0 fully saturated rings. The number of aromatic nitrogens is 2. The fraction of sp³-hybridized carbons (Fsp3) is 0.750. The van der Waals surface area contributed by atoms with E-state index >= 15 is 0 Å². The van der Waals surface area contributed by atoms with Crippen LogP contribution in [0.25, 0.3) is 0 Å². The SMILES string of the molecule is CCCC(Cl)CNCc1c(Br)c(CC)nn1C. The molecule has 0 aromatic carbocycles. The summed E-state index contributed by atoms with van der Waals surface area (Å²) in [6.45, 7) is 5.91. The van der Waals surface area contributed by atoms with Gasteiger partial charge in [0, 0.05) is 25.5 Å². The van der Waals surface area contributed by atoms with Gasteiger partial charge in [-0.3, -0.25) is 4.68 Å². The predicted octanol–water partition coefficient (Wildman–Crippen LogP) is 3.24. The van der Waals surface area contributed by atoms with Crippen molar-refractivity contribution in [1.82, 2.24) is 15.1 Å². The molecule has 1 heterocycles. The van der Waals surface area contributed by atoms with E-state index in [0.29, 0.717) is 0 Å². The van der Waals surface area contributed by atoms with E-state index in [2.05, 4.69) is 40.2 Å². The summed E-state index contributed by atoms with van der Waals surface area (Å²) in [5.41, 5.74) is 2.29. The summed E-state index contributed by atoms with van der Waals surface area (Å²) in [6.07, 6.45) is 3.13. The summed E-state index contributed by atoms with van der Waals surface area (Å²) in [5, 5.41) is 8.06. The summed E-state index contributed by atoms with van der Waals surface area (Å²) in [5.74, 6) is 0. The molecule has 1 aromatic rings. The van der Waals surface area contributed by atoms with Gasteiger partial charge in [-0.05, 0) is 28.8 Å². The normalized spacial score (nSPS) is 13.0. The van der Waals surface area contributed by atoms with Crippen LogP contribution in [0.1, 0.15) is 38.1 Å². The van der Waals surface area contributed by atoms with Crippen molar-refractivity contribution >= 4 is 27.5 Å². The molecule has 0 aliphatic heterocycles. The van der Waals surface area contributed by atoms with Crippen LogP contribution in [0.2, 0.25) is 0 Å². The van der Waals surface area contributed by atoms with Crippen LogP contribution in [-0.4, -0.2) is 21.7 Å². The lowest BCUT2D eigenvalue weighted by atomic mass is 10.2. The molecule has 5 heteroatoms. The maximum absolute atomic E-state index is 6.16. The fourth-order valence-electron chi connectivity index (χ4n) is 1.77. The second kappa shape index (κ2) is 7.39. The van der Waals surface area contributed by atoms with Gasteiger partial charge >= 0.3 is 0 Å². The lowest BCUT2D eigenvalue weighted by molar-refractivity contribution is 0.591. The van der Waals surface area contributed by atoms with E-state index in [1.165, 1.54) is 5.69 Å². The van der Waals surface area contributed by atoms with Crippen molar-refractivity contribution in [3.63, 3.8) is 0 Å². The van der Waals surface area contributed by atoms with Crippen molar-refractivity contribution in [2.24, 2.45) is 7.05 Å². The van der Waals surface area contributed by atoms with Crippen molar-refractivity contribution in [3.05, 3.63) is 15.9 Å². The van der Waals surface area contributed by atoms with Crippen LogP contribution < -0.4 is 5.32 Å². The summed E-state index contributed by atoms with van der Waals surface area (Å²) in [7, 11) is 1.98. The van der Waals surface area contributed by atoms with Crippen LogP contribution in [0, 0.1) is 0 Å². The van der Waals surface area contributed by atoms with Gasteiger partial charge in [0.1, 0.15) is 0 Å². The molecule has 1 rings (SSSR count). The first-order chi connectivity index (χ1) is 8.10. The predicted molar refractivity (Wildman–Crippen MR) is 76.5 cm³/mol. The first-order valence-corrected chi connectivity index (χ1v) is 7.38. The molecule has 0 amide bonds. The molecule has 17 heavy (non-hydrogen) atoms. The molecule has 0 bridgehead atoms. The Bertz CT molecular complexity index is 352. The van der Waals surface area contributed by atoms with E-state index in [9.17, 15) is 0 Å². The molecule has 1 aromatic heterocycles. The minimum Gasteiger partial charge on any atom is -0.310 e. The van der Waals surface area contributed by atoms with E-state index in [4.69, 9.17) is 11.6 Å². The average molecular weight is 323 g/mol. The number of hydrogen-bond acceptors (Lipinski definition) is 2. The molecule has 0 saturated heterocycles. The zero-order valence-corrected chi connectivity index (χ0v) is 13.1. The lowest BCUT2D eigenvalue weighted by Gasteiger charge is -2.10. The van der Waals surface area contributed by atoms with Gasteiger partial charge in [-0.2, -0.15) is 5.10 Å². The Kier molecular flexibility index (Phi) is 6.52. The number of halogens is 2. The smallest absolute Gasteiger partial charge is 0.0767 e. The Morgan fingerprint density at radius 1 is 1.47 bits per heavy atom. The molecule has 98 valence electrons. The Labute approximate surface area is 117 Å². The zero-order chi connectivity index (χ0) is 12.8. The van der Waals surface area contributed by atoms with Gasteiger partial charge < -0.3 is 5.32 Å². The summed E-state index contributed by atoms with van der Waals surface area (Å²) < 4.78 is 3.05. The summed E-state index contributed by atoms with van der Waals surface area (Å²) >= 11 is 9.77. The number of nitrogens with zero attached hydrogens (tertiary/aromatic N) is 2. The summed E-state index contributed by atoms with van der Waals surface area (Å²) in [4.78, 5) is 0. The number of alkyl halides is 1. The Morgan fingerprint density at radius 2 is 2.18 bits per heavy atom. The molecule has 0 aliphatic rings. The second-order valence-electron chi connectivity index (χ2n) is 4.20. The van der Waals surface area contributed by atoms with Crippen molar-refractivity contribution in [2.75, 3.05) is 6.54 Å². The van der Waals surface area contributed by atoms with Gasteiger partial charge in [-0.1, -0.05) is 20.3 Å². The third kappa shape index (κ3) is 4.27. The number of hydrogen-bond donors (Lipinski definition) is 1. The van der Waals surface area contributed by atoms with E-state index in [0.717, 1.165) is 42.5 Å². The third-order valence-corrected chi connectivity index (χ3v) is 4.05. The van der Waals surface area contributed by atoms with Gasteiger partial charge in [0.25, 0.3) is 0 Å². The van der Waals surface area contributed by atoms with Crippen LogP contribution in [0.5, 0.6) is 0 Å². The highest BCUT2D eigenvalue weighted by molar-refractivity contribution is 9.10. The molecular weight excluding hydrogens is 302 g/mol. The highest BCUT2D eigenvalue weighted by Gasteiger charge is 2.12. The van der Waals surface area contributed by atoms with E-state index in [1.54, 1.807) is 0 Å². The Morgan fingerprint density at radius 3 is 2.71 bits per heavy atom. The first kappa shape index (κ1) is 15.0. The quantitative estimate of drug-likeness (QED) is 0.781. The molecule has 1 N–H and O–H groups in total. The first-order valence-electron chi connectivity index (χ1n) is 6.15. The largest absolute Gasteiger partial charge is 0.310 e. The van der Waals surface area contributed by atoms with Gasteiger partial charge in [-0.15, -0.1) is 11.6 Å². The third-order valence-electron chi connectivity index (χ3n) is 2.76. The maximum atomic E-state index is 6.16. The van der Waals surface area contributed by atoms with Crippen LogP contribution in [-0.2, 0) is 20.0 Å². The minimum absolute atomic E-state index is 0.220. The van der Waals surface area contributed by atoms with Gasteiger partial charge in [-0.25, -0.2) is 0 Å². The highest BCUT2D eigenvalue weighted by atomic mass is 79.9. The molecule has 0 spiro atoms. The standard InChI is InChI=1S/C12H21BrClN3/c1-4-6-9(14)7-15-8-11-12(13)10(5-2)16-17(11)3/h9,15H,4-8H2,1-3H3. The van der Waals surface area contributed by atoms with Crippen molar-refractivity contribution in [1.29, 1.82) is 0 Å². The molecule has 0 aliphatic carbocycles. The summed E-state index contributed by atoms with van der Waals surface area (Å²) in [6, 6.07) is 0. The van der Waals surface area contributed by atoms with Crippen LogP contribution in [0.3, 0.4) is 0 Å². The molecule has 1 unspecified atom stereocenters.